The zero-order valence-corrected chi connectivity index (χ0v) is 17.3. The molecule has 0 amide bonds. The van der Waals surface area contributed by atoms with Crippen molar-refractivity contribution in [2.24, 2.45) is 0 Å². The molecule has 0 heterocycles. The van der Waals surface area contributed by atoms with Crippen LogP contribution in [-0.2, 0) is 22.4 Å². The molecule has 2 nitrogen and oxygen atoms in total. The second kappa shape index (κ2) is 8.77. The van der Waals surface area contributed by atoms with E-state index in [1.165, 1.54) is 13.0 Å². The molecule has 1 rings (SSSR count). The first-order valence-corrected chi connectivity index (χ1v) is 10.8. The van der Waals surface area contributed by atoms with Gasteiger partial charge in [0.1, 0.15) is 0 Å². The lowest BCUT2D eigenvalue weighted by atomic mass is 9.94. The van der Waals surface area contributed by atoms with Crippen LogP contribution in [-0.4, -0.2) is 18.9 Å². The molecule has 150 valence electrons. The summed E-state index contributed by atoms with van der Waals surface area (Å²) in [6.45, 7) is 8.43. The predicted molar refractivity (Wildman–Crippen MR) is 101 cm³/mol. The van der Waals surface area contributed by atoms with E-state index >= 15 is 0 Å². The molecule has 6 heteroatoms. The maximum atomic E-state index is 12.9. The second-order valence-corrected chi connectivity index (χ2v) is 10.8. The molecule has 0 aliphatic rings. The van der Waals surface area contributed by atoms with E-state index in [-0.39, 0.29) is 5.75 Å². The molecule has 0 saturated carbocycles. The summed E-state index contributed by atoms with van der Waals surface area (Å²) in [5.74, 6) is 0.216. The van der Waals surface area contributed by atoms with Crippen LogP contribution in [0.15, 0.2) is 12.1 Å². The minimum absolute atomic E-state index is 0.216. The molecule has 0 radical (unpaired) electrons. The van der Waals surface area contributed by atoms with Crippen molar-refractivity contribution in [1.82, 2.24) is 0 Å². The highest BCUT2D eigenvalue weighted by molar-refractivity contribution is 7.92. The largest absolute Gasteiger partial charge is 0.416 e. The van der Waals surface area contributed by atoms with Crippen LogP contribution in [0.3, 0.4) is 0 Å². The number of hydrogen-bond acceptors (Lipinski definition) is 2. The summed E-state index contributed by atoms with van der Waals surface area (Å²) in [4.78, 5) is 0. The molecule has 1 aromatic rings. The van der Waals surface area contributed by atoms with Gasteiger partial charge in [-0.25, -0.2) is 8.42 Å². The van der Waals surface area contributed by atoms with E-state index in [0.29, 0.717) is 12.0 Å². The van der Waals surface area contributed by atoms with E-state index in [2.05, 4.69) is 0 Å². The Morgan fingerprint density at radius 2 is 1.38 bits per heavy atom. The summed E-state index contributed by atoms with van der Waals surface area (Å²) >= 11 is 0. The zero-order valence-electron chi connectivity index (χ0n) is 16.5. The summed E-state index contributed by atoms with van der Waals surface area (Å²) in [6, 6.07) is 2.76. The number of alkyl halides is 3. The molecule has 26 heavy (non-hydrogen) atoms. The van der Waals surface area contributed by atoms with E-state index < -0.39 is 26.3 Å². The van der Waals surface area contributed by atoms with Gasteiger partial charge in [-0.15, -0.1) is 0 Å². The number of aryl methyl sites for hydroxylation is 1. The van der Waals surface area contributed by atoms with Crippen LogP contribution in [0.5, 0.6) is 0 Å². The molecule has 0 atom stereocenters. The molecule has 0 fully saturated rings. The highest BCUT2D eigenvalue weighted by Crippen LogP contribution is 2.34. The lowest BCUT2D eigenvalue weighted by Crippen LogP contribution is -2.30. The Hall–Kier alpha value is -1.04. The third-order valence-electron chi connectivity index (χ3n) is 5.00. The first kappa shape index (κ1) is 23.0. The maximum absolute atomic E-state index is 12.9. The molecule has 0 bridgehead atoms. The Morgan fingerprint density at radius 3 is 1.92 bits per heavy atom. The van der Waals surface area contributed by atoms with Gasteiger partial charge in [0.15, 0.2) is 9.84 Å². The van der Waals surface area contributed by atoms with Crippen LogP contribution in [0.25, 0.3) is 0 Å². The predicted octanol–water partition coefficient (Wildman–Crippen LogP) is 6.03. The second-order valence-electron chi connectivity index (χ2n) is 7.97. The number of sulfone groups is 1. The summed E-state index contributed by atoms with van der Waals surface area (Å²) in [5, 5.41) is 0. The molecule has 0 saturated heterocycles. The van der Waals surface area contributed by atoms with Crippen LogP contribution >= 0.6 is 0 Å². The molecular formula is C20H31F3O2S. The van der Waals surface area contributed by atoms with Crippen molar-refractivity contribution in [3.8, 4) is 0 Å². The van der Waals surface area contributed by atoms with Gasteiger partial charge in [0.05, 0.1) is 16.1 Å². The van der Waals surface area contributed by atoms with Crippen molar-refractivity contribution < 1.29 is 21.6 Å². The van der Waals surface area contributed by atoms with Gasteiger partial charge in [0.25, 0.3) is 0 Å². The summed E-state index contributed by atoms with van der Waals surface area (Å²) < 4.78 is 62.0. The Morgan fingerprint density at radius 1 is 0.846 bits per heavy atom. The maximum Gasteiger partial charge on any atom is 0.416 e. The normalized spacial score (nSPS) is 13.2. The van der Waals surface area contributed by atoms with Crippen molar-refractivity contribution in [1.29, 1.82) is 0 Å². The average Bonchev–Trinajstić information content (AvgIpc) is 2.47. The molecule has 0 unspecified atom stereocenters. The quantitative estimate of drug-likeness (QED) is 0.506. The van der Waals surface area contributed by atoms with E-state index in [9.17, 15) is 21.6 Å². The van der Waals surface area contributed by atoms with Gasteiger partial charge >= 0.3 is 6.18 Å². The monoisotopic (exact) mass is 392 g/mol. The SMILES string of the molecule is Cc1c(CCCCCCCS(=O)(=O)C(C)(C)C)ccc(C(F)(F)F)c1C. The molecule has 1 aromatic carbocycles. The standard InChI is InChI=1S/C20H31F3O2S/c1-15-16(2)18(20(21,22)23)13-12-17(15)11-9-7-6-8-10-14-26(24,25)19(3,4)5/h12-13H,6-11,14H2,1-5H3. The first-order chi connectivity index (χ1) is 11.8. The number of rotatable bonds is 8. The third kappa shape index (κ3) is 6.29. The van der Waals surface area contributed by atoms with Gasteiger partial charge in [-0.05, 0) is 76.6 Å². The highest BCUT2D eigenvalue weighted by atomic mass is 32.2. The van der Waals surface area contributed by atoms with E-state index in [1.807, 2.05) is 0 Å². The van der Waals surface area contributed by atoms with Crippen LogP contribution in [0, 0.1) is 13.8 Å². The van der Waals surface area contributed by atoms with Crippen LogP contribution < -0.4 is 0 Å². The van der Waals surface area contributed by atoms with E-state index in [1.54, 1.807) is 33.8 Å². The first-order valence-electron chi connectivity index (χ1n) is 9.16. The number of benzene rings is 1. The van der Waals surface area contributed by atoms with Gasteiger partial charge in [0.2, 0.25) is 0 Å². The summed E-state index contributed by atoms with van der Waals surface area (Å²) in [5.41, 5.74) is 1.43. The molecular weight excluding hydrogens is 361 g/mol. The molecule has 0 N–H and O–H groups in total. The average molecular weight is 393 g/mol. The van der Waals surface area contributed by atoms with Crippen molar-refractivity contribution in [3.63, 3.8) is 0 Å². The van der Waals surface area contributed by atoms with Gasteiger partial charge in [-0.2, -0.15) is 13.2 Å². The molecule has 0 aromatic heterocycles. The fourth-order valence-electron chi connectivity index (χ4n) is 2.90. The van der Waals surface area contributed by atoms with Crippen LogP contribution in [0.4, 0.5) is 13.2 Å². The smallest absolute Gasteiger partial charge is 0.228 e. The molecule has 0 spiro atoms. The van der Waals surface area contributed by atoms with Crippen molar-refractivity contribution >= 4 is 9.84 Å². The molecule has 0 aliphatic heterocycles. The lowest BCUT2D eigenvalue weighted by molar-refractivity contribution is -0.138. The Balaban J connectivity index is 2.41. The Kier molecular flexibility index (Phi) is 7.75. The van der Waals surface area contributed by atoms with Crippen molar-refractivity contribution in [3.05, 3.63) is 34.4 Å². The van der Waals surface area contributed by atoms with Crippen molar-refractivity contribution in [2.45, 2.75) is 84.1 Å². The fraction of sp³-hybridized carbons (Fsp3) is 0.700. The van der Waals surface area contributed by atoms with E-state index in [0.717, 1.165) is 43.2 Å². The van der Waals surface area contributed by atoms with Crippen LogP contribution in [0.1, 0.15) is 75.1 Å². The summed E-state index contributed by atoms with van der Waals surface area (Å²) in [7, 11) is -3.05. The minimum atomic E-state index is -4.30. The Labute approximate surface area is 156 Å². The number of halogens is 3. The zero-order chi connectivity index (χ0) is 20.2. The number of unbranched alkanes of at least 4 members (excludes halogenated alkanes) is 4. The van der Waals surface area contributed by atoms with Gasteiger partial charge < -0.3 is 0 Å². The fourth-order valence-corrected chi connectivity index (χ4v) is 4.10. The van der Waals surface area contributed by atoms with Gasteiger partial charge in [-0.1, -0.05) is 25.3 Å². The Bertz CT molecular complexity index is 699. The van der Waals surface area contributed by atoms with E-state index in [4.69, 9.17) is 0 Å². The minimum Gasteiger partial charge on any atom is -0.228 e. The lowest BCUT2D eigenvalue weighted by Gasteiger charge is -2.18. The van der Waals surface area contributed by atoms with Gasteiger partial charge in [-0.3, -0.25) is 0 Å². The molecule has 0 aliphatic carbocycles. The van der Waals surface area contributed by atoms with Gasteiger partial charge in [0, 0.05) is 0 Å². The summed E-state index contributed by atoms with van der Waals surface area (Å²) in [6.07, 6.45) is 0.773. The highest BCUT2D eigenvalue weighted by Gasteiger charge is 2.33. The number of hydrogen-bond donors (Lipinski definition) is 0. The topological polar surface area (TPSA) is 34.1 Å². The third-order valence-corrected chi connectivity index (χ3v) is 7.69. The van der Waals surface area contributed by atoms with Crippen LogP contribution in [0.2, 0.25) is 0 Å². The van der Waals surface area contributed by atoms with Crippen molar-refractivity contribution in [2.75, 3.05) is 5.75 Å².